The van der Waals surface area contributed by atoms with E-state index in [2.05, 4.69) is 13.8 Å². The third-order valence-electron chi connectivity index (χ3n) is 3.13. The molecule has 0 aromatic heterocycles. The molecule has 0 fully saturated rings. The van der Waals surface area contributed by atoms with Crippen LogP contribution in [0.4, 0.5) is 0 Å². The maximum Gasteiger partial charge on any atom is 0.153 e. The number of hydrogen-bond acceptors (Lipinski definition) is 2. The quantitative estimate of drug-likeness (QED) is 0.849. The maximum absolute atomic E-state index is 12.0. The average molecular weight is 233 g/mol. The summed E-state index contributed by atoms with van der Waals surface area (Å²) in [4.78, 5) is 12.0. The van der Waals surface area contributed by atoms with E-state index in [-0.39, 0.29) is 11.8 Å². The molecule has 0 aliphatic rings. The highest BCUT2D eigenvalue weighted by Crippen LogP contribution is 2.15. The van der Waals surface area contributed by atoms with Gasteiger partial charge < -0.3 is 5.73 Å². The topological polar surface area (TPSA) is 43.1 Å². The molecule has 1 rings (SSSR count). The van der Waals surface area contributed by atoms with Crippen LogP contribution in [0.3, 0.4) is 0 Å². The monoisotopic (exact) mass is 233 g/mol. The maximum atomic E-state index is 12.0. The number of aryl methyl sites for hydroxylation is 2. The molecule has 0 aliphatic heterocycles. The number of Topliss-reactive ketones (excluding diaryl/α,β-unsaturated/α-hetero) is 1. The van der Waals surface area contributed by atoms with Crippen molar-refractivity contribution >= 4 is 5.78 Å². The predicted octanol–water partition coefficient (Wildman–Crippen LogP) is 2.79. The molecule has 1 aromatic rings. The molecule has 0 spiro atoms. The molecule has 17 heavy (non-hydrogen) atoms. The van der Waals surface area contributed by atoms with Gasteiger partial charge >= 0.3 is 0 Å². The van der Waals surface area contributed by atoms with E-state index in [1.165, 1.54) is 11.1 Å². The van der Waals surface area contributed by atoms with E-state index < -0.39 is 0 Å². The second kappa shape index (κ2) is 5.97. The van der Waals surface area contributed by atoms with Crippen LogP contribution in [0.2, 0.25) is 0 Å². The first kappa shape index (κ1) is 13.9. The second-order valence-corrected chi connectivity index (χ2v) is 5.25. The van der Waals surface area contributed by atoms with Gasteiger partial charge in [0.05, 0.1) is 6.04 Å². The van der Waals surface area contributed by atoms with Crippen molar-refractivity contribution in [3.05, 3.63) is 34.9 Å². The van der Waals surface area contributed by atoms with Gasteiger partial charge in [-0.25, -0.2) is 0 Å². The third-order valence-corrected chi connectivity index (χ3v) is 3.13. The van der Waals surface area contributed by atoms with Gasteiger partial charge in [0, 0.05) is 6.42 Å². The van der Waals surface area contributed by atoms with Crippen molar-refractivity contribution in [2.24, 2.45) is 11.7 Å². The Morgan fingerprint density at radius 2 is 1.76 bits per heavy atom. The van der Waals surface area contributed by atoms with Crippen LogP contribution in [0.15, 0.2) is 18.2 Å². The summed E-state index contributed by atoms with van der Waals surface area (Å²) in [6.07, 6.45) is 1.23. The van der Waals surface area contributed by atoms with Crippen molar-refractivity contribution in [2.75, 3.05) is 0 Å². The number of rotatable bonds is 5. The third kappa shape index (κ3) is 3.97. The summed E-state index contributed by atoms with van der Waals surface area (Å²) in [7, 11) is 0. The largest absolute Gasteiger partial charge is 0.321 e. The van der Waals surface area contributed by atoms with E-state index in [1.807, 2.05) is 32.0 Å². The molecule has 1 atom stereocenters. The first-order chi connectivity index (χ1) is 7.91. The molecule has 2 N–H and O–H groups in total. The van der Waals surface area contributed by atoms with Crippen LogP contribution in [0.5, 0.6) is 0 Å². The Bertz CT molecular complexity index is 376. The number of nitrogens with two attached hydrogens (primary N) is 1. The smallest absolute Gasteiger partial charge is 0.153 e. The Balaban J connectivity index is 2.74. The van der Waals surface area contributed by atoms with Crippen molar-refractivity contribution in [3.8, 4) is 0 Å². The van der Waals surface area contributed by atoms with Gasteiger partial charge in [0.25, 0.3) is 0 Å². The van der Waals surface area contributed by atoms with Gasteiger partial charge in [-0.2, -0.15) is 0 Å². The molecule has 0 radical (unpaired) electrons. The van der Waals surface area contributed by atoms with Crippen LogP contribution < -0.4 is 5.73 Å². The van der Waals surface area contributed by atoms with Gasteiger partial charge in [-0.15, -0.1) is 0 Å². The summed E-state index contributed by atoms with van der Waals surface area (Å²) in [5.41, 5.74) is 9.40. The average Bonchev–Trinajstić information content (AvgIpc) is 2.22. The Labute approximate surface area is 104 Å². The number of carbonyl (C=O) groups is 1. The minimum absolute atomic E-state index is 0.149. The Kier molecular flexibility index (Phi) is 4.88. The lowest BCUT2D eigenvalue weighted by Crippen LogP contribution is -2.33. The highest BCUT2D eigenvalue weighted by molar-refractivity contribution is 5.86. The van der Waals surface area contributed by atoms with Crippen molar-refractivity contribution in [3.63, 3.8) is 0 Å². The molecule has 94 valence electrons. The van der Waals surface area contributed by atoms with E-state index in [4.69, 9.17) is 5.73 Å². The summed E-state index contributed by atoms with van der Waals surface area (Å²) < 4.78 is 0. The minimum Gasteiger partial charge on any atom is -0.321 e. The first-order valence-electron chi connectivity index (χ1n) is 6.25. The van der Waals surface area contributed by atoms with Crippen LogP contribution in [-0.4, -0.2) is 11.8 Å². The fourth-order valence-electron chi connectivity index (χ4n) is 2.07. The van der Waals surface area contributed by atoms with Gasteiger partial charge in [0.1, 0.15) is 0 Å². The normalized spacial score (nSPS) is 12.8. The summed E-state index contributed by atoms with van der Waals surface area (Å²) in [5.74, 6) is 0.614. The highest BCUT2D eigenvalue weighted by Gasteiger charge is 2.16. The van der Waals surface area contributed by atoms with Gasteiger partial charge in [-0.1, -0.05) is 32.0 Å². The van der Waals surface area contributed by atoms with Crippen molar-refractivity contribution in [1.82, 2.24) is 0 Å². The molecule has 0 bridgehead atoms. The highest BCUT2D eigenvalue weighted by atomic mass is 16.1. The number of hydrogen-bond donors (Lipinski definition) is 1. The molecular weight excluding hydrogens is 210 g/mol. The summed E-state index contributed by atoms with van der Waals surface area (Å²) in [6, 6.07) is 5.79. The van der Waals surface area contributed by atoms with Crippen LogP contribution in [0.1, 0.15) is 37.0 Å². The number of carbonyl (C=O) groups excluding carboxylic acids is 1. The minimum atomic E-state index is -0.325. The molecule has 0 heterocycles. The lowest BCUT2D eigenvalue weighted by molar-refractivity contribution is -0.120. The number of ketones is 1. The molecule has 1 unspecified atom stereocenters. The second-order valence-electron chi connectivity index (χ2n) is 5.25. The fraction of sp³-hybridized carbons (Fsp3) is 0.533. The van der Waals surface area contributed by atoms with E-state index in [1.54, 1.807) is 0 Å². The summed E-state index contributed by atoms with van der Waals surface area (Å²) in [6.45, 7) is 8.27. The van der Waals surface area contributed by atoms with Crippen molar-refractivity contribution in [1.29, 1.82) is 0 Å². The van der Waals surface area contributed by atoms with Gasteiger partial charge in [0.2, 0.25) is 0 Å². The van der Waals surface area contributed by atoms with Crippen molar-refractivity contribution in [2.45, 2.75) is 46.6 Å². The molecule has 2 heteroatoms. The predicted molar refractivity (Wildman–Crippen MR) is 72.1 cm³/mol. The standard InChI is InChI=1S/C15H23NO/c1-10(2)8-14(16)15(17)9-13-11(3)6-5-7-12(13)4/h5-7,10,14H,8-9,16H2,1-4H3. The van der Waals surface area contributed by atoms with E-state index in [0.717, 1.165) is 12.0 Å². The Morgan fingerprint density at radius 1 is 1.24 bits per heavy atom. The Hall–Kier alpha value is -1.15. The lowest BCUT2D eigenvalue weighted by atomic mass is 9.93. The van der Waals surface area contributed by atoms with Crippen LogP contribution >= 0.6 is 0 Å². The van der Waals surface area contributed by atoms with E-state index in [0.29, 0.717) is 12.3 Å². The van der Waals surface area contributed by atoms with Gasteiger partial charge in [-0.05, 0) is 42.9 Å². The SMILES string of the molecule is Cc1cccc(C)c1CC(=O)C(N)CC(C)C. The van der Waals surface area contributed by atoms with E-state index in [9.17, 15) is 4.79 Å². The van der Waals surface area contributed by atoms with Crippen molar-refractivity contribution < 1.29 is 4.79 Å². The van der Waals surface area contributed by atoms with Crippen LogP contribution in [-0.2, 0) is 11.2 Å². The molecule has 0 amide bonds. The summed E-state index contributed by atoms with van der Waals surface area (Å²) in [5, 5.41) is 0. The van der Waals surface area contributed by atoms with Crippen LogP contribution in [0.25, 0.3) is 0 Å². The zero-order valence-electron chi connectivity index (χ0n) is 11.3. The molecule has 0 saturated carbocycles. The fourth-order valence-corrected chi connectivity index (χ4v) is 2.07. The zero-order valence-corrected chi connectivity index (χ0v) is 11.3. The lowest BCUT2D eigenvalue weighted by Gasteiger charge is -2.15. The molecule has 1 aromatic carbocycles. The first-order valence-corrected chi connectivity index (χ1v) is 6.25. The Morgan fingerprint density at radius 3 is 2.24 bits per heavy atom. The van der Waals surface area contributed by atoms with Gasteiger partial charge in [0.15, 0.2) is 5.78 Å². The summed E-state index contributed by atoms with van der Waals surface area (Å²) >= 11 is 0. The van der Waals surface area contributed by atoms with Gasteiger partial charge in [-0.3, -0.25) is 4.79 Å². The molecule has 0 aliphatic carbocycles. The molecule has 0 saturated heterocycles. The van der Waals surface area contributed by atoms with E-state index >= 15 is 0 Å². The number of benzene rings is 1. The van der Waals surface area contributed by atoms with Crippen LogP contribution in [0, 0.1) is 19.8 Å². The molecule has 2 nitrogen and oxygen atoms in total. The zero-order chi connectivity index (χ0) is 13.0. The molecular formula is C15H23NO.